The number of benzene rings is 2. The molecule has 1 amide bonds. The Labute approximate surface area is 163 Å². The average Bonchev–Trinajstić information content (AvgIpc) is 3.32. The van der Waals surface area contributed by atoms with Crippen LogP contribution in [0.2, 0.25) is 5.02 Å². The Hall–Kier alpha value is -3.09. The van der Waals surface area contributed by atoms with Gasteiger partial charge in [-0.1, -0.05) is 35.9 Å². The lowest BCUT2D eigenvalue weighted by molar-refractivity contribution is 0.0729. The number of thiophene rings is 1. The van der Waals surface area contributed by atoms with Gasteiger partial charge >= 0.3 is 5.97 Å². The minimum Gasteiger partial charge on any atom is -0.422 e. The number of para-hydroxylation sites is 1. The van der Waals surface area contributed by atoms with Gasteiger partial charge in [-0.15, -0.1) is 11.3 Å². The van der Waals surface area contributed by atoms with E-state index >= 15 is 0 Å². The summed E-state index contributed by atoms with van der Waals surface area (Å²) >= 11 is 7.64. The molecule has 0 spiro atoms. The van der Waals surface area contributed by atoms with Crippen molar-refractivity contribution in [3.63, 3.8) is 0 Å². The van der Waals surface area contributed by atoms with Gasteiger partial charge in [0, 0.05) is 16.6 Å². The number of esters is 1. The zero-order valence-corrected chi connectivity index (χ0v) is 15.4. The van der Waals surface area contributed by atoms with Gasteiger partial charge in [0.1, 0.15) is 11.4 Å². The van der Waals surface area contributed by atoms with E-state index in [1.807, 2.05) is 35.7 Å². The lowest BCUT2D eigenvalue weighted by Crippen LogP contribution is -2.11. The minimum atomic E-state index is -0.577. The highest BCUT2D eigenvalue weighted by Crippen LogP contribution is 2.28. The molecule has 2 N–H and O–H groups in total. The molecule has 0 fully saturated rings. The quantitative estimate of drug-likeness (QED) is 0.360. The number of hydrogen-bond donors (Lipinski definition) is 2. The summed E-state index contributed by atoms with van der Waals surface area (Å²) in [5.41, 5.74) is 1.57. The zero-order valence-electron chi connectivity index (χ0n) is 13.9. The van der Waals surface area contributed by atoms with Crippen LogP contribution in [0.25, 0.3) is 10.9 Å². The van der Waals surface area contributed by atoms with Gasteiger partial charge in [-0.2, -0.15) is 0 Å². The van der Waals surface area contributed by atoms with Crippen molar-refractivity contribution in [2.45, 2.75) is 0 Å². The molecule has 0 saturated carbocycles. The van der Waals surface area contributed by atoms with Crippen LogP contribution in [-0.2, 0) is 0 Å². The van der Waals surface area contributed by atoms with E-state index < -0.39 is 5.97 Å². The fourth-order valence-electron chi connectivity index (χ4n) is 2.61. The molecular formula is C20H13ClN2O3S. The number of amides is 1. The molecule has 7 heteroatoms. The van der Waals surface area contributed by atoms with E-state index in [1.165, 1.54) is 11.3 Å². The molecule has 2 aromatic heterocycles. The van der Waals surface area contributed by atoms with Crippen molar-refractivity contribution in [3.8, 4) is 5.75 Å². The van der Waals surface area contributed by atoms with E-state index in [1.54, 1.807) is 30.3 Å². The molecule has 0 bridgehead atoms. The van der Waals surface area contributed by atoms with Crippen LogP contribution in [0.15, 0.2) is 66.0 Å². The molecule has 27 heavy (non-hydrogen) atoms. The number of ether oxygens (including phenoxy) is 1. The molecule has 0 saturated heterocycles. The normalized spacial score (nSPS) is 10.7. The Morgan fingerprint density at radius 1 is 1.00 bits per heavy atom. The molecular weight excluding hydrogens is 384 g/mol. The van der Waals surface area contributed by atoms with Gasteiger partial charge in [-0.25, -0.2) is 4.79 Å². The summed E-state index contributed by atoms with van der Waals surface area (Å²) in [4.78, 5) is 28.1. The fourth-order valence-corrected chi connectivity index (χ4v) is 3.52. The first-order valence-corrected chi connectivity index (χ1v) is 9.31. The van der Waals surface area contributed by atoms with Gasteiger partial charge in [0.2, 0.25) is 0 Å². The molecule has 0 unspecified atom stereocenters. The topological polar surface area (TPSA) is 71.2 Å². The monoisotopic (exact) mass is 396 g/mol. The van der Waals surface area contributed by atoms with Crippen molar-refractivity contribution in [3.05, 3.63) is 81.6 Å². The first-order valence-electron chi connectivity index (χ1n) is 8.05. The second-order valence-corrected chi connectivity index (χ2v) is 7.03. The number of H-pyrrole nitrogens is 1. The number of anilines is 1. The van der Waals surface area contributed by atoms with Crippen LogP contribution in [0, 0.1) is 0 Å². The molecule has 2 aromatic carbocycles. The summed E-state index contributed by atoms with van der Waals surface area (Å²) in [5, 5.41) is 5.72. The fraction of sp³-hybridized carbons (Fsp3) is 0. The summed E-state index contributed by atoms with van der Waals surface area (Å²) in [6.45, 7) is 0. The third kappa shape index (κ3) is 3.58. The molecule has 4 rings (SSSR count). The Morgan fingerprint density at radius 2 is 1.78 bits per heavy atom. The molecule has 0 aliphatic heterocycles. The number of aromatic nitrogens is 1. The van der Waals surface area contributed by atoms with Crippen LogP contribution in [0.3, 0.4) is 0 Å². The summed E-state index contributed by atoms with van der Waals surface area (Å²) in [5.74, 6) is -0.407. The van der Waals surface area contributed by atoms with Crippen molar-refractivity contribution < 1.29 is 14.3 Å². The number of rotatable bonds is 4. The smallest absolute Gasteiger partial charge is 0.361 e. The predicted octanol–water partition coefficient (Wildman–Crippen LogP) is 5.35. The van der Waals surface area contributed by atoms with E-state index in [9.17, 15) is 9.59 Å². The van der Waals surface area contributed by atoms with Crippen LogP contribution in [0.5, 0.6) is 5.75 Å². The van der Waals surface area contributed by atoms with Crippen molar-refractivity contribution in [2.75, 3.05) is 5.32 Å². The maximum absolute atomic E-state index is 12.4. The summed E-state index contributed by atoms with van der Waals surface area (Å²) in [7, 11) is 0. The van der Waals surface area contributed by atoms with Gasteiger partial charge in [0.05, 0.1) is 9.90 Å². The largest absolute Gasteiger partial charge is 0.422 e. The van der Waals surface area contributed by atoms with E-state index in [4.69, 9.17) is 16.3 Å². The van der Waals surface area contributed by atoms with Crippen molar-refractivity contribution in [1.82, 2.24) is 4.98 Å². The lowest BCUT2D eigenvalue weighted by atomic mass is 10.2. The van der Waals surface area contributed by atoms with Crippen LogP contribution in [0.4, 0.5) is 5.69 Å². The van der Waals surface area contributed by atoms with Gasteiger partial charge in [0.15, 0.2) is 0 Å². The third-order valence-electron chi connectivity index (χ3n) is 3.91. The van der Waals surface area contributed by atoms with Gasteiger partial charge < -0.3 is 15.0 Å². The number of carbonyl (C=O) groups is 2. The van der Waals surface area contributed by atoms with E-state index in [0.717, 1.165) is 10.9 Å². The molecule has 5 nitrogen and oxygen atoms in total. The minimum absolute atomic E-state index is 0.181. The number of nitrogens with one attached hydrogen (secondary N) is 2. The lowest BCUT2D eigenvalue weighted by Gasteiger charge is -2.06. The van der Waals surface area contributed by atoms with Gasteiger partial charge in [-0.05, 0) is 41.8 Å². The molecule has 0 radical (unpaired) electrons. The van der Waals surface area contributed by atoms with E-state index in [2.05, 4.69) is 10.3 Å². The van der Waals surface area contributed by atoms with Crippen LogP contribution in [-0.4, -0.2) is 16.9 Å². The highest BCUT2D eigenvalue weighted by Gasteiger charge is 2.18. The Bertz CT molecular complexity index is 1120. The zero-order chi connectivity index (χ0) is 18.8. The number of carbonyl (C=O) groups excluding carboxylic acids is 2. The van der Waals surface area contributed by atoms with Crippen molar-refractivity contribution in [1.29, 1.82) is 0 Å². The van der Waals surface area contributed by atoms with Gasteiger partial charge in [0.25, 0.3) is 5.91 Å². The molecule has 4 aromatic rings. The SMILES string of the molecule is O=C(Nc1ccc(OC(=O)c2[nH]c3ccccc3c2Cl)cc1)c1cccs1. The Morgan fingerprint density at radius 3 is 2.48 bits per heavy atom. The third-order valence-corrected chi connectivity index (χ3v) is 5.18. The average molecular weight is 397 g/mol. The molecule has 0 aliphatic carbocycles. The second-order valence-electron chi connectivity index (χ2n) is 5.70. The van der Waals surface area contributed by atoms with E-state index in [0.29, 0.717) is 21.3 Å². The second kappa shape index (κ2) is 7.26. The van der Waals surface area contributed by atoms with Crippen molar-refractivity contribution in [2.24, 2.45) is 0 Å². The number of fused-ring (bicyclic) bond motifs is 1. The highest BCUT2D eigenvalue weighted by atomic mass is 35.5. The number of hydrogen-bond acceptors (Lipinski definition) is 4. The van der Waals surface area contributed by atoms with Gasteiger partial charge in [-0.3, -0.25) is 4.79 Å². The highest BCUT2D eigenvalue weighted by molar-refractivity contribution is 7.12. The first-order chi connectivity index (χ1) is 13.1. The number of halogens is 1. The van der Waals surface area contributed by atoms with Crippen LogP contribution in [0.1, 0.15) is 20.2 Å². The van der Waals surface area contributed by atoms with Crippen LogP contribution >= 0.6 is 22.9 Å². The Kier molecular flexibility index (Phi) is 4.66. The molecule has 0 atom stereocenters. The standard InChI is InChI=1S/C20H13ClN2O3S/c21-17-14-4-1-2-5-15(14)23-18(17)20(25)26-13-9-7-12(8-10-13)22-19(24)16-6-3-11-27-16/h1-11,23H,(H,22,24). The summed E-state index contributed by atoms with van der Waals surface area (Å²) < 4.78 is 5.38. The van der Waals surface area contributed by atoms with Crippen molar-refractivity contribution >= 4 is 51.4 Å². The molecule has 134 valence electrons. The maximum Gasteiger partial charge on any atom is 0.361 e. The molecule has 0 aliphatic rings. The number of aromatic amines is 1. The predicted molar refractivity (Wildman–Crippen MR) is 107 cm³/mol. The molecule has 2 heterocycles. The Balaban J connectivity index is 1.47. The summed E-state index contributed by atoms with van der Waals surface area (Å²) in [6.07, 6.45) is 0. The maximum atomic E-state index is 12.4. The first kappa shape index (κ1) is 17.3. The van der Waals surface area contributed by atoms with E-state index in [-0.39, 0.29) is 11.6 Å². The summed E-state index contributed by atoms with van der Waals surface area (Å²) in [6, 6.07) is 17.5. The van der Waals surface area contributed by atoms with Crippen LogP contribution < -0.4 is 10.1 Å².